The Bertz CT molecular complexity index is 1440. The SMILES string of the molecule is CCCN1CCC[C@H]1CC(=O)Nc1ccc(C)c(NC(=O)c2cnn3cc(-c4cnn(C)c4)ncc23)c1. The van der Waals surface area contributed by atoms with Crippen LogP contribution in [0.15, 0.2) is 49.2 Å². The zero-order chi connectivity index (χ0) is 25.9. The molecule has 4 aromatic rings. The molecule has 4 heterocycles. The van der Waals surface area contributed by atoms with E-state index >= 15 is 0 Å². The molecule has 0 unspecified atom stereocenters. The first kappa shape index (κ1) is 24.6. The van der Waals surface area contributed by atoms with Gasteiger partial charge in [-0.1, -0.05) is 13.0 Å². The highest BCUT2D eigenvalue weighted by Crippen LogP contribution is 2.25. The summed E-state index contributed by atoms with van der Waals surface area (Å²) in [6.45, 7) is 6.18. The first-order chi connectivity index (χ1) is 17.9. The maximum atomic E-state index is 13.2. The number of fused-ring (bicyclic) bond motifs is 1. The van der Waals surface area contributed by atoms with Crippen LogP contribution in [0.1, 0.15) is 48.5 Å². The second-order valence-corrected chi connectivity index (χ2v) is 9.63. The van der Waals surface area contributed by atoms with Crippen LogP contribution >= 0.6 is 0 Å². The molecule has 10 heteroatoms. The zero-order valence-corrected chi connectivity index (χ0v) is 21.4. The molecular weight excluding hydrogens is 468 g/mol. The number of hydrogen-bond acceptors (Lipinski definition) is 6. The highest BCUT2D eigenvalue weighted by Gasteiger charge is 2.26. The number of benzene rings is 1. The molecule has 3 aromatic heterocycles. The minimum atomic E-state index is -0.293. The molecule has 1 saturated heterocycles. The van der Waals surface area contributed by atoms with Gasteiger partial charge in [0.25, 0.3) is 5.91 Å². The Balaban J connectivity index is 1.28. The van der Waals surface area contributed by atoms with Crippen LogP contribution in [0.25, 0.3) is 16.8 Å². The molecule has 1 fully saturated rings. The zero-order valence-electron chi connectivity index (χ0n) is 21.4. The molecule has 0 saturated carbocycles. The molecule has 1 aromatic carbocycles. The van der Waals surface area contributed by atoms with Gasteiger partial charge < -0.3 is 10.6 Å². The number of carbonyl (C=O) groups is 2. The van der Waals surface area contributed by atoms with E-state index in [1.807, 2.05) is 32.3 Å². The third-order valence-corrected chi connectivity index (χ3v) is 6.85. The maximum Gasteiger partial charge on any atom is 0.259 e. The number of aryl methyl sites for hydroxylation is 2. The van der Waals surface area contributed by atoms with Gasteiger partial charge in [-0.15, -0.1) is 0 Å². The number of nitrogens with one attached hydrogen (secondary N) is 2. The van der Waals surface area contributed by atoms with Crippen LogP contribution in [0, 0.1) is 6.92 Å². The lowest BCUT2D eigenvalue weighted by molar-refractivity contribution is -0.117. The molecule has 0 spiro atoms. The van der Waals surface area contributed by atoms with E-state index in [-0.39, 0.29) is 11.8 Å². The Morgan fingerprint density at radius 3 is 2.76 bits per heavy atom. The predicted octanol–water partition coefficient (Wildman–Crippen LogP) is 3.89. The molecule has 2 amide bonds. The van der Waals surface area contributed by atoms with Gasteiger partial charge in [-0.05, 0) is 57.0 Å². The van der Waals surface area contributed by atoms with Crippen molar-refractivity contribution >= 4 is 28.7 Å². The van der Waals surface area contributed by atoms with E-state index in [9.17, 15) is 9.59 Å². The number of likely N-dealkylation sites (tertiary alicyclic amines) is 1. The summed E-state index contributed by atoms with van der Waals surface area (Å²) in [5.41, 5.74) is 4.78. The highest BCUT2D eigenvalue weighted by atomic mass is 16.2. The van der Waals surface area contributed by atoms with E-state index in [0.717, 1.165) is 43.5 Å². The van der Waals surface area contributed by atoms with Crippen molar-refractivity contribution in [3.8, 4) is 11.3 Å². The van der Waals surface area contributed by atoms with Crippen LogP contribution in [0.3, 0.4) is 0 Å². The summed E-state index contributed by atoms with van der Waals surface area (Å²) in [5, 5.41) is 14.5. The van der Waals surface area contributed by atoms with Gasteiger partial charge in [0.15, 0.2) is 0 Å². The Morgan fingerprint density at radius 1 is 1.11 bits per heavy atom. The maximum absolute atomic E-state index is 13.2. The molecule has 1 atom stereocenters. The highest BCUT2D eigenvalue weighted by molar-refractivity contribution is 6.09. The summed E-state index contributed by atoms with van der Waals surface area (Å²) in [7, 11) is 1.84. The summed E-state index contributed by atoms with van der Waals surface area (Å²) in [4.78, 5) is 32.8. The molecule has 10 nitrogen and oxygen atoms in total. The minimum Gasteiger partial charge on any atom is -0.326 e. The first-order valence-corrected chi connectivity index (χ1v) is 12.7. The Hall–Kier alpha value is -4.05. The lowest BCUT2D eigenvalue weighted by Crippen LogP contribution is -2.33. The second-order valence-electron chi connectivity index (χ2n) is 9.63. The summed E-state index contributed by atoms with van der Waals surface area (Å²) >= 11 is 0. The normalized spacial score (nSPS) is 15.8. The number of rotatable bonds is 8. The molecule has 1 aliphatic rings. The van der Waals surface area contributed by atoms with Gasteiger partial charge in [0, 0.05) is 42.6 Å². The molecule has 0 bridgehead atoms. The van der Waals surface area contributed by atoms with Gasteiger partial charge in [0.05, 0.1) is 41.6 Å². The fourth-order valence-electron chi connectivity index (χ4n) is 4.92. The van der Waals surface area contributed by atoms with Crippen molar-refractivity contribution in [1.82, 2.24) is 29.3 Å². The second kappa shape index (κ2) is 10.5. The van der Waals surface area contributed by atoms with E-state index in [4.69, 9.17) is 0 Å². The number of carbonyl (C=O) groups excluding carboxylic acids is 2. The molecule has 192 valence electrons. The van der Waals surface area contributed by atoms with E-state index in [1.165, 1.54) is 6.20 Å². The number of anilines is 2. The first-order valence-electron chi connectivity index (χ1n) is 12.7. The van der Waals surface area contributed by atoms with Crippen LogP contribution in [0.4, 0.5) is 11.4 Å². The molecule has 5 rings (SSSR count). The van der Waals surface area contributed by atoms with Gasteiger partial charge in [0.2, 0.25) is 5.91 Å². The van der Waals surface area contributed by atoms with Gasteiger partial charge in [-0.2, -0.15) is 10.2 Å². The van der Waals surface area contributed by atoms with Crippen molar-refractivity contribution in [3.63, 3.8) is 0 Å². The summed E-state index contributed by atoms with van der Waals surface area (Å²) in [5.74, 6) is -0.300. The smallest absolute Gasteiger partial charge is 0.259 e. The quantitative estimate of drug-likeness (QED) is 0.380. The van der Waals surface area contributed by atoms with Crippen molar-refractivity contribution < 1.29 is 9.59 Å². The van der Waals surface area contributed by atoms with Gasteiger partial charge in [0.1, 0.15) is 0 Å². The van der Waals surface area contributed by atoms with Crippen LogP contribution in [0.5, 0.6) is 0 Å². The van der Waals surface area contributed by atoms with Gasteiger partial charge >= 0.3 is 0 Å². The third kappa shape index (κ3) is 5.39. The summed E-state index contributed by atoms with van der Waals surface area (Å²) in [6.07, 6.45) is 12.3. The van der Waals surface area contributed by atoms with Crippen molar-refractivity contribution in [2.24, 2.45) is 7.05 Å². The van der Waals surface area contributed by atoms with E-state index in [1.54, 1.807) is 33.9 Å². The van der Waals surface area contributed by atoms with Crippen molar-refractivity contribution in [2.75, 3.05) is 23.7 Å². The standard InChI is InChI=1S/C27H32N8O2/c1-4-9-34-10-5-6-21(34)12-26(36)31-20-8-7-18(2)23(11-20)32-27(37)22-14-30-35-17-24(28-15-25(22)35)19-13-29-33(3)16-19/h7-8,11,13-17,21H,4-6,9-10,12H2,1-3H3,(H,31,36)(H,32,37)/t21-/m0/s1. The van der Waals surface area contributed by atoms with Crippen LogP contribution in [-0.4, -0.2) is 60.2 Å². The van der Waals surface area contributed by atoms with Crippen LogP contribution in [0.2, 0.25) is 0 Å². The monoisotopic (exact) mass is 500 g/mol. The number of aromatic nitrogens is 5. The predicted molar refractivity (Wildman–Crippen MR) is 142 cm³/mol. The van der Waals surface area contributed by atoms with Gasteiger partial charge in [-0.25, -0.2) is 4.52 Å². The Kier molecular flexibility index (Phi) is 7.00. The topological polar surface area (TPSA) is 109 Å². The molecule has 0 aliphatic carbocycles. The van der Waals surface area contributed by atoms with Crippen LogP contribution in [-0.2, 0) is 11.8 Å². The molecule has 37 heavy (non-hydrogen) atoms. The van der Waals surface area contributed by atoms with Crippen molar-refractivity contribution in [2.45, 2.75) is 45.6 Å². The third-order valence-electron chi connectivity index (χ3n) is 6.85. The summed E-state index contributed by atoms with van der Waals surface area (Å²) in [6, 6.07) is 5.85. The molecule has 2 N–H and O–H groups in total. The summed E-state index contributed by atoms with van der Waals surface area (Å²) < 4.78 is 3.34. The lowest BCUT2D eigenvalue weighted by atomic mass is 10.1. The lowest BCUT2D eigenvalue weighted by Gasteiger charge is -2.23. The Morgan fingerprint density at radius 2 is 1.97 bits per heavy atom. The van der Waals surface area contributed by atoms with E-state index in [2.05, 4.69) is 37.6 Å². The van der Waals surface area contributed by atoms with E-state index < -0.39 is 0 Å². The average molecular weight is 501 g/mol. The Labute approximate surface area is 215 Å². The average Bonchev–Trinajstić information content (AvgIpc) is 3.61. The molecule has 0 radical (unpaired) electrons. The van der Waals surface area contributed by atoms with Crippen molar-refractivity contribution in [3.05, 3.63) is 60.3 Å². The number of amides is 2. The fourth-order valence-corrected chi connectivity index (χ4v) is 4.92. The van der Waals surface area contributed by atoms with Gasteiger partial charge in [-0.3, -0.25) is 24.2 Å². The molecule has 1 aliphatic heterocycles. The van der Waals surface area contributed by atoms with Crippen LogP contribution < -0.4 is 10.6 Å². The molecular formula is C27H32N8O2. The fraction of sp³-hybridized carbons (Fsp3) is 0.370. The van der Waals surface area contributed by atoms with Crippen molar-refractivity contribution in [1.29, 1.82) is 0 Å². The number of nitrogens with zero attached hydrogens (tertiary/aromatic N) is 6. The number of hydrogen-bond donors (Lipinski definition) is 2. The van der Waals surface area contributed by atoms with E-state index in [0.29, 0.717) is 40.6 Å². The minimum absolute atomic E-state index is 0.00717. The largest absolute Gasteiger partial charge is 0.326 e.